The third kappa shape index (κ3) is 4.10. The van der Waals surface area contributed by atoms with Crippen LogP contribution in [0, 0.1) is 0 Å². The minimum Gasteiger partial charge on any atom is -0.394 e. The second kappa shape index (κ2) is 5.64. The van der Waals surface area contributed by atoms with Crippen LogP contribution in [-0.4, -0.2) is 35.2 Å². The molecule has 0 saturated heterocycles. The predicted octanol–water partition coefficient (Wildman–Crippen LogP) is 0.794. The molecule has 1 atom stereocenters. The lowest BCUT2D eigenvalue weighted by molar-refractivity contribution is -0.124. The minimum absolute atomic E-state index is 0.0219. The first-order valence-corrected chi connectivity index (χ1v) is 6.13. The summed E-state index contributed by atoms with van der Waals surface area (Å²) in [5.41, 5.74) is -0.410. The fourth-order valence-electron chi connectivity index (χ4n) is 2.09. The van der Waals surface area contributed by atoms with Crippen molar-refractivity contribution in [2.75, 3.05) is 6.61 Å². The van der Waals surface area contributed by atoms with E-state index in [0.717, 1.165) is 12.8 Å². The highest BCUT2D eigenvalue weighted by atomic mass is 16.3. The van der Waals surface area contributed by atoms with Crippen molar-refractivity contribution in [3.63, 3.8) is 0 Å². The number of carbonyl (C=O) groups is 1. The van der Waals surface area contributed by atoms with Gasteiger partial charge in [-0.1, -0.05) is 12.8 Å². The molecule has 0 aromatic rings. The van der Waals surface area contributed by atoms with Crippen molar-refractivity contribution in [3.05, 3.63) is 0 Å². The number of aliphatic hydroxyl groups excluding tert-OH is 1. The van der Waals surface area contributed by atoms with Crippen LogP contribution in [0.3, 0.4) is 0 Å². The van der Waals surface area contributed by atoms with E-state index in [1.165, 1.54) is 12.8 Å². The van der Waals surface area contributed by atoms with Gasteiger partial charge in [0.1, 0.15) is 0 Å². The number of carbonyl (C=O) groups excluding carboxylic acids is 1. The SMILES string of the molecule is CC(NC(C)(C)CO)C(=O)NC1CCCC1. The molecule has 4 nitrogen and oxygen atoms in total. The van der Waals surface area contributed by atoms with Crippen LogP contribution in [0.2, 0.25) is 0 Å². The zero-order valence-corrected chi connectivity index (χ0v) is 10.5. The van der Waals surface area contributed by atoms with Crippen LogP contribution in [0.1, 0.15) is 46.5 Å². The number of nitrogens with one attached hydrogen (secondary N) is 2. The first-order chi connectivity index (χ1) is 7.44. The van der Waals surface area contributed by atoms with E-state index in [1.807, 2.05) is 20.8 Å². The fourth-order valence-corrected chi connectivity index (χ4v) is 2.09. The van der Waals surface area contributed by atoms with Gasteiger partial charge in [0.15, 0.2) is 0 Å². The van der Waals surface area contributed by atoms with Crippen molar-refractivity contribution in [2.45, 2.75) is 64.1 Å². The number of hydrogen-bond acceptors (Lipinski definition) is 3. The summed E-state index contributed by atoms with van der Waals surface area (Å²) >= 11 is 0. The van der Waals surface area contributed by atoms with Gasteiger partial charge in [-0.05, 0) is 33.6 Å². The molecule has 4 heteroatoms. The van der Waals surface area contributed by atoms with Crippen molar-refractivity contribution in [3.8, 4) is 0 Å². The lowest BCUT2D eigenvalue weighted by Gasteiger charge is -2.28. The standard InChI is InChI=1S/C12H24N2O2/c1-9(14-12(2,3)8-15)11(16)13-10-6-4-5-7-10/h9-10,14-15H,4-8H2,1-3H3,(H,13,16). The molecule has 1 amide bonds. The van der Waals surface area contributed by atoms with E-state index in [1.54, 1.807) is 0 Å². The molecule has 1 fully saturated rings. The van der Waals surface area contributed by atoms with Gasteiger partial charge >= 0.3 is 0 Å². The van der Waals surface area contributed by atoms with Gasteiger partial charge in [0, 0.05) is 11.6 Å². The Morgan fingerprint density at radius 2 is 2.00 bits per heavy atom. The summed E-state index contributed by atoms with van der Waals surface area (Å²) in [7, 11) is 0. The summed E-state index contributed by atoms with van der Waals surface area (Å²) in [4.78, 5) is 11.8. The average molecular weight is 228 g/mol. The van der Waals surface area contributed by atoms with Gasteiger partial charge in [-0.25, -0.2) is 0 Å². The predicted molar refractivity (Wildman–Crippen MR) is 64.2 cm³/mol. The quantitative estimate of drug-likeness (QED) is 0.652. The van der Waals surface area contributed by atoms with Crippen LogP contribution in [0.15, 0.2) is 0 Å². The monoisotopic (exact) mass is 228 g/mol. The first-order valence-electron chi connectivity index (χ1n) is 6.13. The molecular formula is C12H24N2O2. The zero-order valence-electron chi connectivity index (χ0n) is 10.5. The molecule has 0 aliphatic heterocycles. The van der Waals surface area contributed by atoms with Crippen LogP contribution >= 0.6 is 0 Å². The molecule has 94 valence electrons. The molecule has 1 aliphatic rings. The average Bonchev–Trinajstić information content (AvgIpc) is 2.69. The third-order valence-corrected chi connectivity index (χ3v) is 3.10. The van der Waals surface area contributed by atoms with E-state index in [2.05, 4.69) is 10.6 Å². The Morgan fingerprint density at radius 1 is 1.44 bits per heavy atom. The zero-order chi connectivity index (χ0) is 12.2. The van der Waals surface area contributed by atoms with Crippen LogP contribution in [0.5, 0.6) is 0 Å². The van der Waals surface area contributed by atoms with Crippen LogP contribution in [0.4, 0.5) is 0 Å². The summed E-state index contributed by atoms with van der Waals surface area (Å²) in [6.45, 7) is 5.62. The van der Waals surface area contributed by atoms with E-state index in [-0.39, 0.29) is 18.6 Å². The van der Waals surface area contributed by atoms with E-state index in [0.29, 0.717) is 6.04 Å². The first kappa shape index (κ1) is 13.5. The Kier molecular flexibility index (Phi) is 4.74. The number of amides is 1. The normalized spacial score (nSPS) is 19.8. The maximum absolute atomic E-state index is 11.8. The molecule has 1 saturated carbocycles. The molecule has 16 heavy (non-hydrogen) atoms. The molecule has 0 heterocycles. The highest BCUT2D eigenvalue weighted by molar-refractivity contribution is 5.81. The highest BCUT2D eigenvalue weighted by Crippen LogP contribution is 2.17. The molecule has 1 rings (SSSR count). The molecule has 0 aromatic carbocycles. The van der Waals surface area contributed by atoms with Crippen molar-refractivity contribution >= 4 is 5.91 Å². The van der Waals surface area contributed by atoms with Gasteiger partial charge in [0.25, 0.3) is 0 Å². The van der Waals surface area contributed by atoms with Gasteiger partial charge in [-0.2, -0.15) is 0 Å². The Bertz CT molecular complexity index is 235. The topological polar surface area (TPSA) is 61.4 Å². The lowest BCUT2D eigenvalue weighted by atomic mass is 10.1. The molecule has 0 aromatic heterocycles. The number of rotatable bonds is 5. The summed E-state index contributed by atoms with van der Waals surface area (Å²) in [6.07, 6.45) is 4.63. The molecule has 0 spiro atoms. The van der Waals surface area contributed by atoms with Crippen LogP contribution in [0.25, 0.3) is 0 Å². The van der Waals surface area contributed by atoms with E-state index >= 15 is 0 Å². The summed E-state index contributed by atoms with van der Waals surface area (Å²) in [5.74, 6) is 0.0356. The molecule has 1 unspecified atom stereocenters. The van der Waals surface area contributed by atoms with Gasteiger partial charge in [0.2, 0.25) is 5.91 Å². The lowest BCUT2D eigenvalue weighted by Crippen LogP contribution is -2.54. The maximum Gasteiger partial charge on any atom is 0.237 e. The molecule has 1 aliphatic carbocycles. The molecule has 0 bridgehead atoms. The minimum atomic E-state index is -0.410. The highest BCUT2D eigenvalue weighted by Gasteiger charge is 2.25. The summed E-state index contributed by atoms with van der Waals surface area (Å²) in [6, 6.07) is 0.0942. The van der Waals surface area contributed by atoms with E-state index in [4.69, 9.17) is 5.11 Å². The second-order valence-electron chi connectivity index (χ2n) is 5.40. The van der Waals surface area contributed by atoms with Gasteiger partial charge in [-0.15, -0.1) is 0 Å². The number of aliphatic hydroxyl groups is 1. The molecular weight excluding hydrogens is 204 g/mol. The third-order valence-electron chi connectivity index (χ3n) is 3.10. The van der Waals surface area contributed by atoms with Crippen molar-refractivity contribution in [2.24, 2.45) is 0 Å². The molecule has 0 radical (unpaired) electrons. The Labute approximate surface area is 97.8 Å². The fraction of sp³-hybridized carbons (Fsp3) is 0.917. The van der Waals surface area contributed by atoms with Crippen molar-refractivity contribution in [1.82, 2.24) is 10.6 Å². The van der Waals surface area contributed by atoms with E-state index < -0.39 is 5.54 Å². The van der Waals surface area contributed by atoms with Crippen molar-refractivity contribution < 1.29 is 9.90 Å². The largest absolute Gasteiger partial charge is 0.394 e. The van der Waals surface area contributed by atoms with E-state index in [9.17, 15) is 4.79 Å². The van der Waals surface area contributed by atoms with Gasteiger partial charge in [0.05, 0.1) is 12.6 Å². The molecule has 3 N–H and O–H groups in total. The second-order valence-corrected chi connectivity index (χ2v) is 5.40. The Hall–Kier alpha value is -0.610. The maximum atomic E-state index is 11.8. The van der Waals surface area contributed by atoms with Gasteiger partial charge < -0.3 is 10.4 Å². The smallest absolute Gasteiger partial charge is 0.237 e. The summed E-state index contributed by atoms with van der Waals surface area (Å²) in [5, 5.41) is 15.3. The van der Waals surface area contributed by atoms with Crippen molar-refractivity contribution in [1.29, 1.82) is 0 Å². The van der Waals surface area contributed by atoms with Crippen LogP contribution in [-0.2, 0) is 4.79 Å². The Morgan fingerprint density at radius 3 is 2.50 bits per heavy atom. The van der Waals surface area contributed by atoms with Gasteiger partial charge in [-0.3, -0.25) is 10.1 Å². The Balaban J connectivity index is 2.35. The van der Waals surface area contributed by atoms with Crippen LogP contribution < -0.4 is 10.6 Å². The summed E-state index contributed by atoms with van der Waals surface area (Å²) < 4.78 is 0. The number of hydrogen-bond donors (Lipinski definition) is 3.